The number of nitrogens with zero attached hydrogens (tertiary/aromatic N) is 1. The van der Waals surface area contributed by atoms with Gasteiger partial charge in [0, 0.05) is 11.0 Å². The molecular weight excluding hydrogens is 293 g/mol. The summed E-state index contributed by atoms with van der Waals surface area (Å²) in [5.41, 5.74) is 0. The second-order valence-electron chi connectivity index (χ2n) is 3.79. The van der Waals surface area contributed by atoms with Gasteiger partial charge >= 0.3 is 0 Å². The van der Waals surface area contributed by atoms with Crippen molar-refractivity contribution in [1.82, 2.24) is 4.31 Å². The zero-order valence-electron chi connectivity index (χ0n) is 8.73. The first-order valence-corrected chi connectivity index (χ1v) is 7.12. The number of benzene rings is 1. The predicted molar refractivity (Wildman–Crippen MR) is 66.3 cm³/mol. The Kier molecular flexibility index (Phi) is 4.24. The molecule has 0 spiro atoms. The van der Waals surface area contributed by atoms with E-state index >= 15 is 0 Å². The Morgan fingerprint density at radius 2 is 2.12 bits per heavy atom. The lowest BCUT2D eigenvalue weighted by atomic mass is 10.2. The third kappa shape index (κ3) is 2.59. The molecule has 1 fully saturated rings. The van der Waals surface area contributed by atoms with Crippen molar-refractivity contribution >= 4 is 27.3 Å². The summed E-state index contributed by atoms with van der Waals surface area (Å²) >= 11 is 2.11. The summed E-state index contributed by atoms with van der Waals surface area (Å²) in [5, 5.41) is 0. The highest BCUT2D eigenvalue weighted by Gasteiger charge is 2.34. The van der Waals surface area contributed by atoms with Gasteiger partial charge in [0.2, 0.25) is 0 Å². The van der Waals surface area contributed by atoms with Crippen molar-refractivity contribution in [2.24, 2.45) is 0 Å². The number of halogens is 2. The molecule has 0 amide bonds. The van der Waals surface area contributed by atoms with Gasteiger partial charge in [-0.05, 0) is 37.1 Å². The smallest absolute Gasteiger partial charge is 0.174 e. The van der Waals surface area contributed by atoms with Crippen LogP contribution in [0, 0.1) is 0 Å². The molecule has 0 aromatic heterocycles. The van der Waals surface area contributed by atoms with Gasteiger partial charge in [-0.25, -0.2) is 4.39 Å². The molecule has 1 aliphatic rings. The van der Waals surface area contributed by atoms with Crippen LogP contribution in [0.4, 0.5) is 4.39 Å². The maximum atomic E-state index is 12.7. The van der Waals surface area contributed by atoms with E-state index in [1.165, 1.54) is 0 Å². The minimum absolute atomic E-state index is 0.176. The highest BCUT2D eigenvalue weighted by atomic mass is 79.9. The third-order valence-electron chi connectivity index (χ3n) is 2.73. The van der Waals surface area contributed by atoms with Gasteiger partial charge in [0.1, 0.15) is 6.67 Å². The molecule has 16 heavy (non-hydrogen) atoms. The van der Waals surface area contributed by atoms with Crippen LogP contribution in [-0.2, 0) is 11.4 Å². The second-order valence-corrected chi connectivity index (χ2v) is 6.15. The van der Waals surface area contributed by atoms with Crippen LogP contribution >= 0.6 is 15.9 Å². The standard InChI is InChI=1S/C11H13BrFNOS/c12-9-3-5-11(6-4-9)16(15)14-7-1-2-10(14)8-13/h3-6,10H,1-2,7-8H2. The number of alkyl halides is 1. The van der Waals surface area contributed by atoms with Crippen LogP contribution < -0.4 is 0 Å². The van der Waals surface area contributed by atoms with Gasteiger partial charge in [-0.3, -0.25) is 0 Å². The zero-order chi connectivity index (χ0) is 11.5. The van der Waals surface area contributed by atoms with Gasteiger partial charge in [-0.1, -0.05) is 15.9 Å². The molecule has 0 bridgehead atoms. The Hall–Kier alpha value is -0.100. The summed E-state index contributed by atoms with van der Waals surface area (Å²) in [7, 11) is 0. The molecule has 2 nitrogen and oxygen atoms in total. The van der Waals surface area contributed by atoms with Gasteiger partial charge in [0.05, 0.1) is 17.4 Å². The van der Waals surface area contributed by atoms with Crippen LogP contribution in [0.1, 0.15) is 12.8 Å². The Balaban J connectivity index is 2.12. The molecular formula is C11H13BrFNOS. The first-order chi connectivity index (χ1) is 7.72. The van der Waals surface area contributed by atoms with Gasteiger partial charge in [0.25, 0.3) is 0 Å². The Morgan fingerprint density at radius 3 is 2.75 bits per heavy atom. The lowest BCUT2D eigenvalue weighted by Crippen LogP contribution is -2.36. The van der Waals surface area contributed by atoms with Crippen LogP contribution in [0.3, 0.4) is 0 Å². The van der Waals surface area contributed by atoms with Crippen molar-refractivity contribution in [3.63, 3.8) is 0 Å². The van der Waals surface area contributed by atoms with Crippen molar-refractivity contribution < 1.29 is 8.94 Å². The van der Waals surface area contributed by atoms with E-state index in [-0.39, 0.29) is 6.04 Å². The Morgan fingerprint density at radius 1 is 1.44 bits per heavy atom. The van der Waals surface area contributed by atoms with E-state index < -0.39 is 18.0 Å². The highest BCUT2D eigenvalue weighted by Crippen LogP contribution is 2.26. The molecule has 2 rings (SSSR count). The fourth-order valence-corrected chi connectivity index (χ4v) is 3.50. The number of rotatable bonds is 3. The van der Waals surface area contributed by atoms with Crippen LogP contribution in [-0.4, -0.2) is 28.1 Å². The maximum Gasteiger partial charge on any atom is 0.174 e. The fraction of sp³-hybridized carbons (Fsp3) is 0.455. The Bertz CT molecular complexity index is 348. The normalized spacial score (nSPS) is 23.6. The van der Waals surface area contributed by atoms with E-state index in [1.807, 2.05) is 24.3 Å². The summed E-state index contributed by atoms with van der Waals surface area (Å²) < 4.78 is 27.6. The van der Waals surface area contributed by atoms with Crippen molar-refractivity contribution in [1.29, 1.82) is 0 Å². The average molecular weight is 306 g/mol. The quantitative estimate of drug-likeness (QED) is 0.803. The van der Waals surface area contributed by atoms with Crippen molar-refractivity contribution in [2.45, 2.75) is 23.8 Å². The van der Waals surface area contributed by atoms with Gasteiger partial charge in [-0.2, -0.15) is 0 Å². The van der Waals surface area contributed by atoms with Crippen LogP contribution in [0.25, 0.3) is 0 Å². The lowest BCUT2D eigenvalue weighted by Gasteiger charge is -2.23. The van der Waals surface area contributed by atoms with E-state index in [9.17, 15) is 8.94 Å². The first-order valence-electron chi connectivity index (χ1n) is 5.22. The molecule has 1 aromatic rings. The summed E-state index contributed by atoms with van der Waals surface area (Å²) in [5.74, 6) is 0. The van der Waals surface area contributed by atoms with Gasteiger partial charge < -0.3 is 4.55 Å². The number of hydrogen-bond donors (Lipinski definition) is 0. The molecule has 1 heterocycles. The third-order valence-corrected chi connectivity index (χ3v) is 4.84. The summed E-state index contributed by atoms with van der Waals surface area (Å²) in [6.45, 7) is 0.305. The lowest BCUT2D eigenvalue weighted by molar-refractivity contribution is 0.311. The van der Waals surface area contributed by atoms with E-state index in [0.29, 0.717) is 0 Å². The van der Waals surface area contributed by atoms with Crippen molar-refractivity contribution in [3.8, 4) is 0 Å². The summed E-state index contributed by atoms with van der Waals surface area (Å²) in [6.07, 6.45) is 1.73. The molecule has 0 saturated carbocycles. The second kappa shape index (κ2) is 5.49. The van der Waals surface area contributed by atoms with E-state index in [1.54, 1.807) is 4.31 Å². The minimum Gasteiger partial charge on any atom is -0.593 e. The molecule has 1 aliphatic heterocycles. The van der Waals surface area contributed by atoms with E-state index in [0.717, 1.165) is 28.8 Å². The minimum atomic E-state index is -1.22. The van der Waals surface area contributed by atoms with Crippen molar-refractivity contribution in [3.05, 3.63) is 28.7 Å². The molecule has 0 aliphatic carbocycles. The predicted octanol–water partition coefficient (Wildman–Crippen LogP) is 2.91. The maximum absolute atomic E-state index is 12.7. The van der Waals surface area contributed by atoms with Gasteiger partial charge in [-0.15, -0.1) is 4.31 Å². The SMILES string of the molecule is [O-][S+](c1ccc(Br)cc1)N1CCCC1CF. The molecule has 88 valence electrons. The van der Waals surface area contributed by atoms with Crippen LogP contribution in [0.5, 0.6) is 0 Å². The van der Waals surface area contributed by atoms with Crippen LogP contribution in [0.15, 0.2) is 33.6 Å². The van der Waals surface area contributed by atoms with Gasteiger partial charge in [0.15, 0.2) is 4.90 Å². The molecule has 0 N–H and O–H groups in total. The first kappa shape index (κ1) is 12.4. The summed E-state index contributed by atoms with van der Waals surface area (Å²) in [4.78, 5) is 0.739. The topological polar surface area (TPSA) is 26.3 Å². The zero-order valence-corrected chi connectivity index (χ0v) is 11.1. The van der Waals surface area contributed by atoms with Crippen LogP contribution in [0.2, 0.25) is 0 Å². The van der Waals surface area contributed by atoms with Crippen molar-refractivity contribution in [2.75, 3.05) is 13.2 Å². The average Bonchev–Trinajstić information content (AvgIpc) is 2.77. The number of hydrogen-bond acceptors (Lipinski definition) is 2. The molecule has 1 saturated heterocycles. The molecule has 2 atom stereocenters. The van der Waals surface area contributed by atoms with E-state index in [4.69, 9.17) is 0 Å². The monoisotopic (exact) mass is 305 g/mol. The fourth-order valence-electron chi connectivity index (χ4n) is 1.87. The summed E-state index contributed by atoms with van der Waals surface area (Å²) in [6, 6.07) is 7.16. The molecule has 0 radical (unpaired) electrons. The molecule has 5 heteroatoms. The largest absolute Gasteiger partial charge is 0.593 e. The molecule has 1 aromatic carbocycles. The highest BCUT2D eigenvalue weighted by molar-refractivity contribution is 9.10. The molecule has 2 unspecified atom stereocenters. The Labute approximate surface area is 106 Å². The van der Waals surface area contributed by atoms with E-state index in [2.05, 4.69) is 15.9 Å².